The Morgan fingerprint density at radius 3 is 2.67 bits per heavy atom. The monoisotopic (exact) mass is 293 g/mol. The summed E-state index contributed by atoms with van der Waals surface area (Å²) >= 11 is 0. The van der Waals surface area contributed by atoms with E-state index in [0.717, 1.165) is 32.2 Å². The van der Waals surface area contributed by atoms with Crippen molar-refractivity contribution in [3.63, 3.8) is 0 Å². The van der Waals surface area contributed by atoms with Gasteiger partial charge >= 0.3 is 0 Å². The lowest BCUT2D eigenvalue weighted by Crippen LogP contribution is -2.35. The predicted molar refractivity (Wildman–Crippen MR) is 86.1 cm³/mol. The van der Waals surface area contributed by atoms with Gasteiger partial charge in [-0.15, -0.1) is 0 Å². The highest BCUT2D eigenvalue weighted by Gasteiger charge is 2.31. The summed E-state index contributed by atoms with van der Waals surface area (Å²) in [5.41, 5.74) is 0.686. The second-order valence-corrected chi connectivity index (χ2v) is 6.99. The first-order valence-corrected chi connectivity index (χ1v) is 8.07. The maximum atomic E-state index is 14.8. The Morgan fingerprint density at radius 2 is 2.10 bits per heavy atom. The largest absolute Gasteiger partial charge is 0.351 e. The van der Waals surface area contributed by atoms with Crippen molar-refractivity contribution < 1.29 is 4.39 Å². The molecule has 3 nitrogen and oxygen atoms in total. The molecule has 2 rings (SSSR count). The van der Waals surface area contributed by atoms with E-state index < -0.39 is 0 Å². The highest BCUT2D eigenvalue weighted by molar-refractivity contribution is 5.45. The lowest BCUT2D eigenvalue weighted by molar-refractivity contribution is 0.418. The molecule has 0 bridgehead atoms. The van der Waals surface area contributed by atoms with Gasteiger partial charge in [0, 0.05) is 36.4 Å². The summed E-state index contributed by atoms with van der Waals surface area (Å²) in [5, 5.41) is 3.35. The van der Waals surface area contributed by atoms with Crippen molar-refractivity contribution in [2.24, 2.45) is 0 Å². The molecule has 1 aliphatic rings. The van der Waals surface area contributed by atoms with Crippen LogP contribution in [0, 0.1) is 5.82 Å². The average molecular weight is 293 g/mol. The molecule has 4 heteroatoms. The Labute approximate surface area is 127 Å². The van der Waals surface area contributed by atoms with Gasteiger partial charge in [0.2, 0.25) is 0 Å². The Bertz CT molecular complexity index is 464. The fourth-order valence-electron chi connectivity index (χ4n) is 2.34. The third kappa shape index (κ3) is 4.67. The summed E-state index contributed by atoms with van der Waals surface area (Å²) in [7, 11) is 0. The van der Waals surface area contributed by atoms with Crippen molar-refractivity contribution in [1.82, 2.24) is 10.3 Å². The van der Waals surface area contributed by atoms with Crippen LogP contribution in [0.2, 0.25) is 0 Å². The van der Waals surface area contributed by atoms with Gasteiger partial charge in [0.1, 0.15) is 0 Å². The zero-order chi connectivity index (χ0) is 15.5. The first-order chi connectivity index (χ1) is 9.92. The first kappa shape index (κ1) is 16.2. The number of rotatable bonds is 7. The molecule has 1 heterocycles. The number of nitrogens with one attached hydrogen (secondary N) is 1. The quantitative estimate of drug-likeness (QED) is 0.827. The van der Waals surface area contributed by atoms with Gasteiger partial charge in [-0.25, -0.2) is 9.37 Å². The van der Waals surface area contributed by atoms with Crippen LogP contribution in [0.15, 0.2) is 12.3 Å². The lowest BCUT2D eigenvalue weighted by atomic mass is 10.1. The molecule has 1 N–H and O–H groups in total. The summed E-state index contributed by atoms with van der Waals surface area (Å²) in [5.74, 6) is 0.386. The van der Waals surface area contributed by atoms with Crippen molar-refractivity contribution in [2.75, 3.05) is 11.4 Å². The van der Waals surface area contributed by atoms with Crippen LogP contribution in [0.25, 0.3) is 0 Å². The summed E-state index contributed by atoms with van der Waals surface area (Å²) < 4.78 is 14.8. The van der Waals surface area contributed by atoms with E-state index in [1.165, 1.54) is 0 Å². The molecule has 118 valence electrons. The average Bonchev–Trinajstić information content (AvgIpc) is 3.23. The Balaban J connectivity index is 2.15. The molecule has 1 saturated carbocycles. The van der Waals surface area contributed by atoms with Crippen molar-refractivity contribution in [1.29, 1.82) is 0 Å². The van der Waals surface area contributed by atoms with Crippen LogP contribution < -0.4 is 10.2 Å². The van der Waals surface area contributed by atoms with E-state index in [2.05, 4.69) is 42.9 Å². The third-order valence-electron chi connectivity index (χ3n) is 3.77. The molecule has 0 radical (unpaired) electrons. The van der Waals surface area contributed by atoms with Gasteiger partial charge in [-0.1, -0.05) is 13.3 Å². The highest BCUT2D eigenvalue weighted by Crippen LogP contribution is 2.33. The second kappa shape index (κ2) is 6.73. The van der Waals surface area contributed by atoms with E-state index >= 15 is 0 Å². The van der Waals surface area contributed by atoms with Gasteiger partial charge in [0.05, 0.1) is 0 Å². The molecule has 0 saturated heterocycles. The maximum Gasteiger partial charge on any atom is 0.170 e. The molecule has 21 heavy (non-hydrogen) atoms. The maximum absolute atomic E-state index is 14.8. The molecule has 1 fully saturated rings. The van der Waals surface area contributed by atoms with Crippen LogP contribution in [0.5, 0.6) is 0 Å². The topological polar surface area (TPSA) is 28.2 Å². The van der Waals surface area contributed by atoms with Crippen LogP contribution in [0.3, 0.4) is 0 Å². The van der Waals surface area contributed by atoms with Crippen molar-refractivity contribution in [3.05, 3.63) is 23.6 Å². The van der Waals surface area contributed by atoms with Gasteiger partial charge in [0.25, 0.3) is 0 Å². The van der Waals surface area contributed by atoms with Gasteiger partial charge in [-0.2, -0.15) is 0 Å². The molecule has 1 aromatic heterocycles. The number of aromatic nitrogens is 1. The van der Waals surface area contributed by atoms with E-state index in [0.29, 0.717) is 24.0 Å². The number of anilines is 1. The summed E-state index contributed by atoms with van der Waals surface area (Å²) in [4.78, 5) is 6.49. The second-order valence-electron chi connectivity index (χ2n) is 6.99. The van der Waals surface area contributed by atoms with Crippen LogP contribution in [0.4, 0.5) is 10.2 Å². The number of halogens is 1. The third-order valence-corrected chi connectivity index (χ3v) is 3.77. The zero-order valence-corrected chi connectivity index (χ0v) is 13.7. The minimum atomic E-state index is -0.155. The van der Waals surface area contributed by atoms with E-state index in [9.17, 15) is 4.39 Å². The molecular weight excluding hydrogens is 265 g/mol. The molecule has 0 unspecified atom stereocenters. The van der Waals surface area contributed by atoms with Crippen molar-refractivity contribution in [3.8, 4) is 0 Å². The van der Waals surface area contributed by atoms with E-state index in [1.807, 2.05) is 0 Å². The fraction of sp³-hybridized carbons (Fsp3) is 0.706. The Morgan fingerprint density at radius 1 is 1.38 bits per heavy atom. The van der Waals surface area contributed by atoms with Gasteiger partial charge in [-0.3, -0.25) is 0 Å². The number of pyridine rings is 1. The Hall–Kier alpha value is -1.16. The van der Waals surface area contributed by atoms with Crippen LogP contribution in [-0.2, 0) is 6.54 Å². The lowest BCUT2D eigenvalue weighted by Gasteiger charge is -2.25. The first-order valence-electron chi connectivity index (χ1n) is 8.07. The molecule has 1 aliphatic carbocycles. The number of hydrogen-bond acceptors (Lipinski definition) is 3. The molecule has 0 spiro atoms. The van der Waals surface area contributed by atoms with Crippen LogP contribution >= 0.6 is 0 Å². The highest BCUT2D eigenvalue weighted by atomic mass is 19.1. The molecule has 0 atom stereocenters. The van der Waals surface area contributed by atoms with Gasteiger partial charge in [0.15, 0.2) is 11.6 Å². The van der Waals surface area contributed by atoms with E-state index in [-0.39, 0.29) is 11.4 Å². The standard InChI is InChI=1S/C17H28FN3/c1-5-6-11-21(14-7-8-14)16-15(18)13(9-10-19-16)12-20-17(2,3)4/h9-10,14,20H,5-8,11-12H2,1-4H3. The number of hydrogen-bond donors (Lipinski definition) is 1. The molecule has 1 aromatic rings. The minimum absolute atomic E-state index is 0.0196. The SMILES string of the molecule is CCCCN(c1nccc(CNC(C)(C)C)c1F)C1CC1. The van der Waals surface area contributed by atoms with Crippen LogP contribution in [-0.4, -0.2) is 23.1 Å². The normalized spacial score (nSPS) is 15.3. The van der Waals surface area contributed by atoms with Crippen molar-refractivity contribution in [2.45, 2.75) is 71.5 Å². The summed E-state index contributed by atoms with van der Waals surface area (Å²) in [6, 6.07) is 2.27. The van der Waals surface area contributed by atoms with Gasteiger partial charge in [-0.05, 0) is 46.1 Å². The van der Waals surface area contributed by atoms with Crippen LogP contribution in [0.1, 0.15) is 58.9 Å². The smallest absolute Gasteiger partial charge is 0.170 e. The van der Waals surface area contributed by atoms with Gasteiger partial charge < -0.3 is 10.2 Å². The summed E-state index contributed by atoms with van der Waals surface area (Å²) in [6.07, 6.45) is 6.27. The molecule has 0 aromatic carbocycles. The summed E-state index contributed by atoms with van der Waals surface area (Å²) in [6.45, 7) is 9.87. The zero-order valence-electron chi connectivity index (χ0n) is 13.7. The number of unbranched alkanes of at least 4 members (excludes halogenated alkanes) is 1. The predicted octanol–water partition coefficient (Wildman–Crippen LogP) is 3.88. The van der Waals surface area contributed by atoms with Crippen molar-refractivity contribution >= 4 is 5.82 Å². The molecule has 0 aliphatic heterocycles. The number of nitrogens with zero attached hydrogens (tertiary/aromatic N) is 2. The Kier molecular flexibility index (Phi) is 5.20. The molecule has 0 amide bonds. The van der Waals surface area contributed by atoms with E-state index in [1.54, 1.807) is 12.3 Å². The minimum Gasteiger partial charge on any atom is -0.351 e. The fourth-order valence-corrected chi connectivity index (χ4v) is 2.34. The molecular formula is C17H28FN3. The van der Waals surface area contributed by atoms with E-state index in [4.69, 9.17) is 0 Å².